The Bertz CT molecular complexity index is 1960. The zero-order chi connectivity index (χ0) is 49.7. The van der Waals surface area contributed by atoms with Crippen LogP contribution in [-0.2, 0) is 60.2 Å². The van der Waals surface area contributed by atoms with Crippen LogP contribution in [0, 0.1) is 5.92 Å². The van der Waals surface area contributed by atoms with E-state index in [0.29, 0.717) is 38.1 Å². The third-order valence-corrected chi connectivity index (χ3v) is 11.9. The number of likely N-dealkylation sites (tertiary alicyclic amines) is 1. The minimum atomic E-state index is -5.07. The minimum Gasteiger partial charge on any atom is -0.376 e. The molecule has 374 valence electrons. The smallest absolute Gasteiger partial charge is 0.376 e. The number of ether oxygens (including phenoxy) is 1. The maximum atomic E-state index is 14.2. The normalized spacial score (nSPS) is 17.7. The number of primary amides is 1. The quantitative estimate of drug-likeness (QED) is 0.0277. The van der Waals surface area contributed by atoms with E-state index < -0.39 is 85.8 Å². The van der Waals surface area contributed by atoms with Crippen molar-refractivity contribution in [1.29, 1.82) is 0 Å². The Hall–Kier alpha value is -4.90. The molecule has 0 aliphatic carbocycles. The number of H-pyrrole nitrogens is 1. The molecule has 2 heterocycles. The summed E-state index contributed by atoms with van der Waals surface area (Å²) >= 11 is 4.04. The molecule has 67 heavy (non-hydrogen) atoms. The predicted molar refractivity (Wildman–Crippen MR) is 249 cm³/mol. The second kappa shape index (κ2) is 28.4. The van der Waals surface area contributed by atoms with Crippen LogP contribution >= 0.6 is 20.5 Å². The SMILES string of the molecule is CC(C)C[C@H](NC(=O)[C@@H]1C[C@@H](OCCCCc2ccccc2)CN1C(=O)CCCCCNC(=O)C(N)CS)C(=O)N[C@@H](Cc1cnc[nH]1)C(=O)N[C@@H](C)C(=O)N[C@H](C(N)=O)[C@@H](C)OP(=O)(O)O. The Kier molecular flexibility index (Phi) is 23.9. The van der Waals surface area contributed by atoms with Crippen molar-refractivity contribution in [3.05, 3.63) is 54.1 Å². The third kappa shape index (κ3) is 20.5. The Labute approximate surface area is 396 Å². The molecule has 1 aliphatic heterocycles. The third-order valence-electron chi connectivity index (χ3n) is 10.9. The number of hydrogen-bond acceptors (Lipinski definition) is 13. The number of amides is 7. The number of carbonyl (C=O) groups excluding carboxylic acids is 7. The monoisotopic (exact) mass is 980 g/mol. The Balaban J connectivity index is 1.73. The highest BCUT2D eigenvalue weighted by Gasteiger charge is 2.41. The summed E-state index contributed by atoms with van der Waals surface area (Å²) in [7, 11) is -5.07. The number of rotatable bonds is 30. The van der Waals surface area contributed by atoms with Crippen molar-refractivity contribution in [1.82, 2.24) is 41.5 Å². The number of aryl methyl sites for hydroxylation is 1. The fourth-order valence-corrected chi connectivity index (χ4v) is 8.06. The number of thiol groups is 1. The first-order valence-electron chi connectivity index (χ1n) is 22.5. The second-order valence-corrected chi connectivity index (χ2v) is 18.6. The number of benzene rings is 1. The van der Waals surface area contributed by atoms with Crippen LogP contribution < -0.4 is 38.1 Å². The molecule has 24 heteroatoms. The summed E-state index contributed by atoms with van der Waals surface area (Å²) in [4.78, 5) is 120. The number of nitrogens with two attached hydrogens (primary N) is 2. The molecule has 1 aromatic heterocycles. The van der Waals surface area contributed by atoms with Crippen LogP contribution in [0.4, 0.5) is 0 Å². The van der Waals surface area contributed by atoms with Gasteiger partial charge < -0.3 is 62.5 Å². The predicted octanol–water partition coefficient (Wildman–Crippen LogP) is -0.117. The molecule has 7 amide bonds. The number of aromatic amines is 1. The number of aromatic nitrogens is 2. The molecule has 1 fully saturated rings. The van der Waals surface area contributed by atoms with Crippen molar-refractivity contribution in [2.75, 3.05) is 25.4 Å². The van der Waals surface area contributed by atoms with Crippen molar-refractivity contribution in [3.8, 4) is 0 Å². The molecule has 0 spiro atoms. The van der Waals surface area contributed by atoms with Gasteiger partial charge in [-0.3, -0.25) is 38.1 Å². The number of nitrogens with zero attached hydrogens (tertiary/aromatic N) is 2. The van der Waals surface area contributed by atoms with E-state index in [1.54, 1.807) is 0 Å². The summed E-state index contributed by atoms with van der Waals surface area (Å²) < 4.78 is 22.1. The Morgan fingerprint density at radius 2 is 1.61 bits per heavy atom. The van der Waals surface area contributed by atoms with Crippen molar-refractivity contribution < 1.29 is 57.2 Å². The van der Waals surface area contributed by atoms with Gasteiger partial charge >= 0.3 is 7.82 Å². The molecular formula is C43H69N10O12PS. The average Bonchev–Trinajstić information content (AvgIpc) is 3.95. The number of unbranched alkanes of at least 4 members (excludes halogenated alkanes) is 3. The summed E-state index contributed by atoms with van der Waals surface area (Å²) in [5.41, 5.74) is 12.7. The van der Waals surface area contributed by atoms with Crippen LogP contribution in [0.5, 0.6) is 0 Å². The van der Waals surface area contributed by atoms with Crippen LogP contribution in [-0.4, -0.2) is 140 Å². The van der Waals surface area contributed by atoms with Gasteiger partial charge in [-0.15, -0.1) is 0 Å². The number of nitrogens with one attached hydrogen (secondary N) is 6. The maximum Gasteiger partial charge on any atom is 0.469 e. The fourth-order valence-electron chi connectivity index (χ4n) is 7.34. The molecule has 8 atom stereocenters. The van der Waals surface area contributed by atoms with E-state index in [4.69, 9.17) is 16.2 Å². The van der Waals surface area contributed by atoms with Gasteiger partial charge in [-0.25, -0.2) is 9.55 Å². The van der Waals surface area contributed by atoms with Gasteiger partial charge in [0.05, 0.1) is 24.6 Å². The van der Waals surface area contributed by atoms with E-state index in [9.17, 15) is 47.9 Å². The van der Waals surface area contributed by atoms with E-state index in [1.807, 2.05) is 32.0 Å². The van der Waals surface area contributed by atoms with Gasteiger partial charge in [-0.2, -0.15) is 12.6 Å². The van der Waals surface area contributed by atoms with Crippen molar-refractivity contribution in [2.24, 2.45) is 17.4 Å². The average molecular weight is 981 g/mol. The van der Waals surface area contributed by atoms with Crippen LogP contribution in [0.25, 0.3) is 0 Å². The van der Waals surface area contributed by atoms with Crippen molar-refractivity contribution in [2.45, 2.75) is 140 Å². The summed E-state index contributed by atoms with van der Waals surface area (Å²) in [6.45, 7) is 7.06. The highest BCUT2D eigenvalue weighted by molar-refractivity contribution is 7.80. The molecule has 1 aliphatic rings. The standard InChI is InChI=1S/C43H69N10O12PS/c1-26(2)19-33(42(59)50-34(20-30-22-46-25-48-30)41(58)49-27(3)39(56)52-37(38(45)55)28(4)65-66(61,62)63)51-43(60)35-21-31(64-18-12-10-15-29-13-7-5-8-14-29)23-53(35)36(54)16-9-6-11-17-47-40(57)32(44)24-67/h5,7-8,13-14,22,25-28,31-35,37,67H,6,9-12,15-21,23-24,44H2,1-4H3,(H2,45,55)(H,46,48)(H,47,57)(H,49,58)(H,50,59)(H,51,60)(H,52,56)(H2,61,62,63)/t27-,28+,31+,32?,33-,34-,35-,37-/m0/s1. The molecule has 12 N–H and O–H groups in total. The van der Waals surface area contributed by atoms with Gasteiger partial charge in [0.15, 0.2) is 0 Å². The van der Waals surface area contributed by atoms with Crippen LogP contribution in [0.15, 0.2) is 42.9 Å². The fraction of sp³-hybridized carbons (Fsp3) is 0.628. The summed E-state index contributed by atoms with van der Waals surface area (Å²) in [5, 5.41) is 13.0. The van der Waals surface area contributed by atoms with E-state index >= 15 is 0 Å². The van der Waals surface area contributed by atoms with Gasteiger partial charge in [0.2, 0.25) is 41.4 Å². The van der Waals surface area contributed by atoms with E-state index in [2.05, 4.69) is 65.8 Å². The van der Waals surface area contributed by atoms with E-state index in [1.165, 1.54) is 29.9 Å². The molecule has 0 radical (unpaired) electrons. The largest absolute Gasteiger partial charge is 0.469 e. The first-order valence-corrected chi connectivity index (χ1v) is 24.7. The highest BCUT2D eigenvalue weighted by Crippen LogP contribution is 2.38. The van der Waals surface area contributed by atoms with Crippen LogP contribution in [0.2, 0.25) is 0 Å². The molecule has 0 bridgehead atoms. The molecule has 1 unspecified atom stereocenters. The summed E-state index contributed by atoms with van der Waals surface area (Å²) in [6, 6.07) is 2.83. The molecule has 2 aromatic rings. The second-order valence-electron chi connectivity index (χ2n) is 17.1. The highest BCUT2D eigenvalue weighted by atomic mass is 32.1. The lowest BCUT2D eigenvalue weighted by atomic mass is 10.0. The minimum absolute atomic E-state index is 0.124. The summed E-state index contributed by atoms with van der Waals surface area (Å²) in [6.07, 6.45) is 5.42. The number of carbonyl (C=O) groups is 7. The zero-order valence-electron chi connectivity index (χ0n) is 38.6. The lowest BCUT2D eigenvalue weighted by Gasteiger charge is -2.28. The van der Waals surface area contributed by atoms with Gasteiger partial charge in [0.1, 0.15) is 30.2 Å². The summed E-state index contributed by atoms with van der Waals surface area (Å²) in [5.74, 6) is -4.73. The van der Waals surface area contributed by atoms with E-state index in [0.717, 1.165) is 26.2 Å². The molecule has 1 saturated heterocycles. The molecule has 22 nitrogen and oxygen atoms in total. The maximum absolute atomic E-state index is 14.2. The molecule has 3 rings (SSSR count). The lowest BCUT2D eigenvalue weighted by Crippen LogP contribution is -2.59. The van der Waals surface area contributed by atoms with Crippen molar-refractivity contribution in [3.63, 3.8) is 0 Å². The number of imidazole rings is 1. The molecular weight excluding hydrogens is 912 g/mol. The lowest BCUT2D eigenvalue weighted by molar-refractivity contribution is -0.140. The first kappa shape index (κ1) is 56.4. The Morgan fingerprint density at radius 3 is 2.24 bits per heavy atom. The van der Waals surface area contributed by atoms with Gasteiger partial charge in [0.25, 0.3) is 0 Å². The number of phosphoric ester groups is 1. The Morgan fingerprint density at radius 1 is 0.910 bits per heavy atom. The number of hydrogen-bond donors (Lipinski definition) is 11. The zero-order valence-corrected chi connectivity index (χ0v) is 40.3. The molecule has 1 aromatic carbocycles. The topological polar surface area (TPSA) is 340 Å². The van der Waals surface area contributed by atoms with Gasteiger partial charge in [-0.1, -0.05) is 50.6 Å². The van der Waals surface area contributed by atoms with Gasteiger partial charge in [0, 0.05) is 56.6 Å². The molecule has 0 saturated carbocycles. The van der Waals surface area contributed by atoms with Crippen LogP contribution in [0.1, 0.15) is 90.3 Å². The number of phosphoric acid groups is 1. The van der Waals surface area contributed by atoms with Gasteiger partial charge in [-0.05, 0) is 63.9 Å². The van der Waals surface area contributed by atoms with Crippen molar-refractivity contribution >= 4 is 61.8 Å². The van der Waals surface area contributed by atoms with E-state index in [-0.39, 0.29) is 55.7 Å². The van der Waals surface area contributed by atoms with Crippen LogP contribution in [0.3, 0.4) is 0 Å². The first-order chi connectivity index (χ1) is 31.7.